The highest BCUT2D eigenvalue weighted by molar-refractivity contribution is 5.82. The lowest BCUT2D eigenvalue weighted by Crippen LogP contribution is -2.52. The summed E-state index contributed by atoms with van der Waals surface area (Å²) in [5, 5.41) is 0. The van der Waals surface area contributed by atoms with Gasteiger partial charge in [-0.25, -0.2) is 0 Å². The highest BCUT2D eigenvalue weighted by Gasteiger charge is 2.29. The number of ether oxygens (including phenoxy) is 1. The molecule has 0 aliphatic carbocycles. The van der Waals surface area contributed by atoms with Crippen molar-refractivity contribution in [2.75, 3.05) is 26.2 Å². The molecule has 0 bridgehead atoms. The Balaban J connectivity index is 1.84. The molecule has 0 aromatic rings. The fraction of sp³-hybridized carbons (Fsp3) is 0.636. The maximum atomic E-state index is 11.9. The Hall–Kier alpha value is -1.52. The first-order valence-corrected chi connectivity index (χ1v) is 5.53. The normalized spacial score (nSPS) is 24.4. The van der Waals surface area contributed by atoms with Crippen LogP contribution >= 0.6 is 0 Å². The molecule has 1 atom stereocenters. The first-order valence-electron chi connectivity index (χ1n) is 5.53. The van der Waals surface area contributed by atoms with Crippen molar-refractivity contribution in [1.82, 2.24) is 9.80 Å². The molecule has 0 N–H and O–H groups in total. The van der Waals surface area contributed by atoms with Crippen LogP contribution in [0.3, 0.4) is 0 Å². The molecular formula is C11H16N2O3. The maximum absolute atomic E-state index is 11.9. The molecule has 1 fully saturated rings. The van der Waals surface area contributed by atoms with Crippen LogP contribution in [0.5, 0.6) is 0 Å². The molecule has 2 heterocycles. The van der Waals surface area contributed by atoms with E-state index in [1.807, 2.05) is 6.08 Å². The molecule has 1 unspecified atom stereocenters. The molecule has 2 aliphatic heterocycles. The van der Waals surface area contributed by atoms with Crippen molar-refractivity contribution in [3.8, 4) is 0 Å². The van der Waals surface area contributed by atoms with Crippen molar-refractivity contribution in [3.05, 3.63) is 12.3 Å². The van der Waals surface area contributed by atoms with E-state index in [9.17, 15) is 9.59 Å². The molecule has 0 radical (unpaired) electrons. The van der Waals surface area contributed by atoms with Crippen LogP contribution in [0.1, 0.15) is 13.3 Å². The predicted molar refractivity (Wildman–Crippen MR) is 57.5 cm³/mol. The van der Waals surface area contributed by atoms with Gasteiger partial charge in [0.25, 0.3) is 5.91 Å². The summed E-state index contributed by atoms with van der Waals surface area (Å²) >= 11 is 0. The molecule has 0 saturated carbocycles. The van der Waals surface area contributed by atoms with E-state index in [2.05, 4.69) is 0 Å². The summed E-state index contributed by atoms with van der Waals surface area (Å²) in [6, 6.07) is 0. The van der Waals surface area contributed by atoms with Crippen LogP contribution < -0.4 is 0 Å². The Morgan fingerprint density at radius 3 is 2.31 bits per heavy atom. The van der Waals surface area contributed by atoms with Crippen LogP contribution in [-0.4, -0.2) is 53.9 Å². The van der Waals surface area contributed by atoms with Gasteiger partial charge < -0.3 is 14.5 Å². The van der Waals surface area contributed by atoms with E-state index in [1.54, 1.807) is 23.0 Å². The number of amides is 2. The van der Waals surface area contributed by atoms with Crippen LogP contribution in [0.4, 0.5) is 0 Å². The quantitative estimate of drug-likeness (QED) is 0.629. The molecule has 5 heteroatoms. The monoisotopic (exact) mass is 224 g/mol. The lowest BCUT2D eigenvalue weighted by Gasteiger charge is -2.35. The molecule has 16 heavy (non-hydrogen) atoms. The zero-order chi connectivity index (χ0) is 11.5. The van der Waals surface area contributed by atoms with E-state index in [0.717, 1.165) is 0 Å². The smallest absolute Gasteiger partial charge is 0.264 e. The van der Waals surface area contributed by atoms with Gasteiger partial charge in [-0.05, 0) is 6.08 Å². The summed E-state index contributed by atoms with van der Waals surface area (Å²) in [7, 11) is 0. The second kappa shape index (κ2) is 4.55. The van der Waals surface area contributed by atoms with Gasteiger partial charge in [-0.3, -0.25) is 9.59 Å². The number of rotatable bonds is 1. The number of carbonyl (C=O) groups is 2. The van der Waals surface area contributed by atoms with Crippen LogP contribution in [-0.2, 0) is 14.3 Å². The van der Waals surface area contributed by atoms with Gasteiger partial charge in [0, 0.05) is 39.5 Å². The van der Waals surface area contributed by atoms with E-state index in [4.69, 9.17) is 4.74 Å². The zero-order valence-electron chi connectivity index (χ0n) is 9.39. The molecule has 2 rings (SSSR count). The average Bonchev–Trinajstić information content (AvgIpc) is 2.81. The first-order chi connectivity index (χ1) is 7.68. The zero-order valence-corrected chi connectivity index (χ0v) is 9.39. The highest BCUT2D eigenvalue weighted by Crippen LogP contribution is 2.13. The second-order valence-corrected chi connectivity index (χ2v) is 4.06. The fourth-order valence-corrected chi connectivity index (χ4v) is 1.99. The van der Waals surface area contributed by atoms with Crippen molar-refractivity contribution in [3.63, 3.8) is 0 Å². The van der Waals surface area contributed by atoms with Gasteiger partial charge in [0.15, 0.2) is 6.10 Å². The Morgan fingerprint density at radius 2 is 1.81 bits per heavy atom. The average molecular weight is 224 g/mol. The lowest BCUT2D eigenvalue weighted by molar-refractivity contribution is -0.144. The van der Waals surface area contributed by atoms with Crippen LogP contribution in [0.25, 0.3) is 0 Å². The van der Waals surface area contributed by atoms with Gasteiger partial charge >= 0.3 is 0 Å². The van der Waals surface area contributed by atoms with E-state index < -0.39 is 0 Å². The van der Waals surface area contributed by atoms with Crippen LogP contribution in [0.2, 0.25) is 0 Å². The molecule has 0 spiro atoms. The number of piperazine rings is 1. The van der Waals surface area contributed by atoms with Gasteiger partial charge in [0.05, 0.1) is 6.26 Å². The molecule has 2 amide bonds. The van der Waals surface area contributed by atoms with Crippen molar-refractivity contribution < 1.29 is 14.3 Å². The third-order valence-corrected chi connectivity index (χ3v) is 3.00. The molecule has 5 nitrogen and oxygen atoms in total. The summed E-state index contributed by atoms with van der Waals surface area (Å²) in [4.78, 5) is 26.6. The summed E-state index contributed by atoms with van der Waals surface area (Å²) in [6.45, 7) is 4.03. The van der Waals surface area contributed by atoms with Gasteiger partial charge in [-0.1, -0.05) is 0 Å². The topological polar surface area (TPSA) is 49.9 Å². The highest BCUT2D eigenvalue weighted by atomic mass is 16.5. The summed E-state index contributed by atoms with van der Waals surface area (Å²) in [5.74, 6) is 0.110. The maximum Gasteiger partial charge on any atom is 0.264 e. The molecule has 0 aromatic heterocycles. The number of carbonyl (C=O) groups excluding carboxylic acids is 2. The Kier molecular flexibility index (Phi) is 3.12. The van der Waals surface area contributed by atoms with Crippen molar-refractivity contribution >= 4 is 11.8 Å². The minimum atomic E-state index is -0.344. The first kappa shape index (κ1) is 11.0. The predicted octanol–water partition coefficient (Wildman–Crippen LogP) is -0.0203. The van der Waals surface area contributed by atoms with E-state index in [0.29, 0.717) is 32.6 Å². The third kappa shape index (κ3) is 2.18. The number of nitrogens with zero attached hydrogens (tertiary/aromatic N) is 2. The Bertz CT molecular complexity index is 311. The fourth-order valence-electron chi connectivity index (χ4n) is 1.99. The van der Waals surface area contributed by atoms with Gasteiger partial charge in [0.1, 0.15) is 0 Å². The van der Waals surface area contributed by atoms with Crippen molar-refractivity contribution in [2.24, 2.45) is 0 Å². The molecular weight excluding hydrogens is 208 g/mol. The van der Waals surface area contributed by atoms with E-state index in [-0.39, 0.29) is 17.9 Å². The number of hydrogen-bond acceptors (Lipinski definition) is 3. The summed E-state index contributed by atoms with van der Waals surface area (Å²) < 4.78 is 5.19. The van der Waals surface area contributed by atoms with Crippen LogP contribution in [0.15, 0.2) is 12.3 Å². The van der Waals surface area contributed by atoms with Crippen molar-refractivity contribution in [1.29, 1.82) is 0 Å². The van der Waals surface area contributed by atoms with Gasteiger partial charge in [-0.2, -0.15) is 0 Å². The SMILES string of the molecule is CC(=O)N1CCN(C(=O)C2CC=CO2)CC1. The molecule has 2 aliphatic rings. The van der Waals surface area contributed by atoms with E-state index >= 15 is 0 Å². The lowest BCUT2D eigenvalue weighted by atomic mass is 10.2. The Labute approximate surface area is 94.6 Å². The largest absolute Gasteiger partial charge is 0.488 e. The third-order valence-electron chi connectivity index (χ3n) is 3.00. The standard InChI is InChI=1S/C11H16N2O3/c1-9(14)12-4-6-13(7-5-12)11(15)10-3-2-8-16-10/h2,8,10H,3-7H2,1H3. The summed E-state index contributed by atoms with van der Waals surface area (Å²) in [6.07, 6.45) is 3.75. The van der Waals surface area contributed by atoms with Gasteiger partial charge in [0.2, 0.25) is 5.91 Å². The molecule has 1 saturated heterocycles. The second-order valence-electron chi connectivity index (χ2n) is 4.06. The van der Waals surface area contributed by atoms with E-state index in [1.165, 1.54) is 0 Å². The van der Waals surface area contributed by atoms with Crippen LogP contribution in [0, 0.1) is 0 Å². The molecule has 88 valence electrons. The van der Waals surface area contributed by atoms with Gasteiger partial charge in [-0.15, -0.1) is 0 Å². The van der Waals surface area contributed by atoms with Crippen molar-refractivity contribution in [2.45, 2.75) is 19.4 Å². The Morgan fingerprint density at radius 1 is 1.19 bits per heavy atom. The minimum Gasteiger partial charge on any atom is -0.488 e. The minimum absolute atomic E-state index is 0.0354. The summed E-state index contributed by atoms with van der Waals surface area (Å²) in [5.41, 5.74) is 0. The molecule has 0 aromatic carbocycles. The number of hydrogen-bond donors (Lipinski definition) is 0.